The van der Waals surface area contributed by atoms with E-state index < -0.39 is 28.6 Å². The van der Waals surface area contributed by atoms with E-state index in [4.69, 9.17) is 27.1 Å². The predicted molar refractivity (Wildman–Crippen MR) is 65.0 cm³/mol. The molecule has 0 aromatic heterocycles. The molecule has 0 saturated heterocycles. The van der Waals surface area contributed by atoms with Gasteiger partial charge in [-0.2, -0.15) is 5.26 Å². The van der Waals surface area contributed by atoms with Crippen molar-refractivity contribution in [1.29, 1.82) is 5.26 Å². The van der Waals surface area contributed by atoms with Gasteiger partial charge < -0.3 is 10.2 Å². The van der Waals surface area contributed by atoms with Crippen LogP contribution in [-0.2, 0) is 14.8 Å². The summed E-state index contributed by atoms with van der Waals surface area (Å²) in [5.74, 6) is -1.56. The van der Waals surface area contributed by atoms with Gasteiger partial charge in [-0.25, -0.2) is 17.9 Å². The monoisotopic (exact) mass is 304 g/mol. The summed E-state index contributed by atoms with van der Waals surface area (Å²) in [4.78, 5) is 10.0. The molecule has 0 aliphatic heterocycles. The molecular formula is C10H9ClN2O5S. The van der Waals surface area contributed by atoms with E-state index in [1.54, 1.807) is 6.07 Å². The molecule has 0 heterocycles. The summed E-state index contributed by atoms with van der Waals surface area (Å²) in [5, 5.41) is 26.0. The van der Waals surface area contributed by atoms with Crippen LogP contribution < -0.4 is 4.72 Å². The molecule has 7 nitrogen and oxygen atoms in total. The highest BCUT2D eigenvalue weighted by Crippen LogP contribution is 2.22. The Balaban J connectivity index is 3.01. The summed E-state index contributed by atoms with van der Waals surface area (Å²) in [7, 11) is -4.11. The van der Waals surface area contributed by atoms with Crippen LogP contribution >= 0.6 is 11.6 Å². The standard InChI is InChI=1S/C10H9ClN2O5S/c11-7-2-1-6(4-12)3-9(7)19(17,18)13-5-8(14)10(15)16/h1-3,8,13-14H,5H2,(H,15,16). The largest absolute Gasteiger partial charge is 0.479 e. The molecule has 0 aliphatic rings. The second-order valence-corrected chi connectivity index (χ2v) is 5.61. The van der Waals surface area contributed by atoms with Gasteiger partial charge in [-0.05, 0) is 18.2 Å². The molecule has 0 bridgehead atoms. The van der Waals surface area contributed by atoms with Crippen molar-refractivity contribution in [3.8, 4) is 6.07 Å². The molecule has 0 aliphatic carbocycles. The first-order valence-corrected chi connectivity index (χ1v) is 6.74. The number of carboxylic acids is 1. The Kier molecular flexibility index (Phi) is 4.85. The Morgan fingerprint density at radius 2 is 2.16 bits per heavy atom. The van der Waals surface area contributed by atoms with Gasteiger partial charge in [0.2, 0.25) is 10.0 Å². The van der Waals surface area contributed by atoms with Gasteiger partial charge in [0.15, 0.2) is 6.10 Å². The minimum Gasteiger partial charge on any atom is -0.479 e. The highest BCUT2D eigenvalue weighted by molar-refractivity contribution is 7.89. The van der Waals surface area contributed by atoms with Crippen molar-refractivity contribution in [2.75, 3.05) is 6.54 Å². The second-order valence-electron chi connectivity index (χ2n) is 3.46. The van der Waals surface area contributed by atoms with Crippen LogP contribution in [-0.4, -0.2) is 37.2 Å². The van der Waals surface area contributed by atoms with E-state index in [1.165, 1.54) is 12.1 Å². The van der Waals surface area contributed by atoms with E-state index >= 15 is 0 Å². The van der Waals surface area contributed by atoms with Crippen LogP contribution in [0.1, 0.15) is 5.56 Å². The van der Waals surface area contributed by atoms with Crippen molar-refractivity contribution in [2.45, 2.75) is 11.0 Å². The minimum absolute atomic E-state index is 0.0866. The molecule has 1 aromatic rings. The maximum Gasteiger partial charge on any atom is 0.333 e. The lowest BCUT2D eigenvalue weighted by Gasteiger charge is -2.10. The number of aliphatic hydroxyl groups excluding tert-OH is 1. The third kappa shape index (κ3) is 3.90. The van der Waals surface area contributed by atoms with Crippen LogP contribution in [0, 0.1) is 11.3 Å². The Morgan fingerprint density at radius 1 is 1.53 bits per heavy atom. The fourth-order valence-corrected chi connectivity index (χ4v) is 2.69. The molecule has 1 atom stereocenters. The molecule has 3 N–H and O–H groups in total. The maximum absolute atomic E-state index is 11.8. The maximum atomic E-state index is 11.8. The number of rotatable bonds is 5. The van der Waals surface area contributed by atoms with Gasteiger partial charge in [0.1, 0.15) is 4.90 Å². The lowest BCUT2D eigenvalue weighted by atomic mass is 10.2. The van der Waals surface area contributed by atoms with Crippen LogP contribution in [0.2, 0.25) is 5.02 Å². The summed E-state index contributed by atoms with van der Waals surface area (Å²) < 4.78 is 25.6. The van der Waals surface area contributed by atoms with Gasteiger partial charge in [0.25, 0.3) is 0 Å². The number of nitrogens with zero attached hydrogens (tertiary/aromatic N) is 1. The van der Waals surface area contributed by atoms with Crippen molar-refractivity contribution in [1.82, 2.24) is 4.72 Å². The lowest BCUT2D eigenvalue weighted by Crippen LogP contribution is -2.36. The summed E-state index contributed by atoms with van der Waals surface area (Å²) in [6, 6.07) is 5.39. The van der Waals surface area contributed by atoms with Crippen molar-refractivity contribution in [2.24, 2.45) is 0 Å². The molecule has 0 saturated carbocycles. The van der Waals surface area contributed by atoms with Crippen LogP contribution in [0.25, 0.3) is 0 Å². The first-order chi connectivity index (χ1) is 8.77. The van der Waals surface area contributed by atoms with E-state index in [2.05, 4.69) is 0 Å². The highest BCUT2D eigenvalue weighted by Gasteiger charge is 2.22. The smallest absolute Gasteiger partial charge is 0.333 e. The number of sulfonamides is 1. The van der Waals surface area contributed by atoms with Crippen LogP contribution in [0.4, 0.5) is 0 Å². The van der Waals surface area contributed by atoms with Crippen LogP contribution in [0.15, 0.2) is 23.1 Å². The third-order valence-electron chi connectivity index (χ3n) is 2.10. The quantitative estimate of drug-likeness (QED) is 0.699. The Bertz CT molecular complexity index is 638. The van der Waals surface area contributed by atoms with Gasteiger partial charge in [-0.3, -0.25) is 0 Å². The van der Waals surface area contributed by atoms with E-state index in [9.17, 15) is 13.2 Å². The fraction of sp³-hybridized carbons (Fsp3) is 0.200. The Morgan fingerprint density at radius 3 is 2.68 bits per heavy atom. The molecule has 19 heavy (non-hydrogen) atoms. The molecule has 0 amide bonds. The van der Waals surface area contributed by atoms with Gasteiger partial charge in [-0.15, -0.1) is 0 Å². The van der Waals surface area contributed by atoms with Gasteiger partial charge in [0, 0.05) is 6.54 Å². The first kappa shape index (κ1) is 15.4. The summed E-state index contributed by atoms with van der Waals surface area (Å²) in [5.41, 5.74) is 0.0866. The zero-order valence-corrected chi connectivity index (χ0v) is 10.9. The number of nitriles is 1. The number of carbonyl (C=O) groups is 1. The van der Waals surface area contributed by atoms with Gasteiger partial charge >= 0.3 is 5.97 Å². The van der Waals surface area contributed by atoms with Crippen molar-refractivity contribution in [3.05, 3.63) is 28.8 Å². The van der Waals surface area contributed by atoms with E-state index in [0.717, 1.165) is 6.07 Å². The average molecular weight is 305 g/mol. The summed E-state index contributed by atoms with van der Waals surface area (Å²) in [6.45, 7) is -0.704. The van der Waals surface area contributed by atoms with E-state index in [-0.39, 0.29) is 15.5 Å². The molecule has 102 valence electrons. The van der Waals surface area contributed by atoms with Crippen LogP contribution in [0.3, 0.4) is 0 Å². The molecule has 0 fully saturated rings. The molecule has 1 aromatic carbocycles. The fourth-order valence-electron chi connectivity index (χ4n) is 1.13. The van der Waals surface area contributed by atoms with E-state index in [0.29, 0.717) is 0 Å². The lowest BCUT2D eigenvalue weighted by molar-refractivity contribution is -0.146. The zero-order valence-electron chi connectivity index (χ0n) is 9.37. The number of aliphatic hydroxyl groups is 1. The second kappa shape index (κ2) is 5.99. The molecule has 1 rings (SSSR count). The molecule has 9 heteroatoms. The normalized spacial score (nSPS) is 12.7. The molecule has 0 radical (unpaired) electrons. The summed E-state index contributed by atoms with van der Waals surface area (Å²) >= 11 is 5.71. The zero-order chi connectivity index (χ0) is 14.6. The number of halogens is 1. The third-order valence-corrected chi connectivity index (χ3v) is 4.01. The van der Waals surface area contributed by atoms with Gasteiger partial charge in [-0.1, -0.05) is 11.6 Å². The number of hydrogen-bond donors (Lipinski definition) is 3. The van der Waals surface area contributed by atoms with Gasteiger partial charge in [0.05, 0.1) is 16.7 Å². The van der Waals surface area contributed by atoms with Crippen molar-refractivity contribution in [3.63, 3.8) is 0 Å². The average Bonchev–Trinajstić information content (AvgIpc) is 2.36. The Hall–Kier alpha value is -1.66. The number of hydrogen-bond acceptors (Lipinski definition) is 5. The number of aliphatic carboxylic acids is 1. The highest BCUT2D eigenvalue weighted by atomic mass is 35.5. The SMILES string of the molecule is N#Cc1ccc(Cl)c(S(=O)(=O)NCC(O)C(=O)O)c1. The molecule has 1 unspecified atom stereocenters. The van der Waals surface area contributed by atoms with Crippen molar-refractivity contribution < 1.29 is 23.4 Å². The first-order valence-electron chi connectivity index (χ1n) is 4.88. The topological polar surface area (TPSA) is 127 Å². The molecule has 0 spiro atoms. The molecular weight excluding hydrogens is 296 g/mol. The van der Waals surface area contributed by atoms with Crippen LogP contribution in [0.5, 0.6) is 0 Å². The van der Waals surface area contributed by atoms with E-state index in [1.807, 2.05) is 4.72 Å². The summed E-state index contributed by atoms with van der Waals surface area (Å²) in [6.07, 6.45) is -1.87. The number of carboxylic acid groups (broad SMARTS) is 1. The Labute approximate surface area is 114 Å². The van der Waals surface area contributed by atoms with Crippen molar-refractivity contribution >= 4 is 27.6 Å². The number of benzene rings is 1. The predicted octanol–water partition coefficient (Wildman–Crippen LogP) is -0.0645. The number of nitrogens with one attached hydrogen (secondary N) is 1. The minimum atomic E-state index is -4.11.